The van der Waals surface area contributed by atoms with E-state index >= 15 is 0 Å². The smallest absolute Gasteiger partial charge is 0.0991 e. The van der Waals surface area contributed by atoms with Crippen LogP contribution in [0.25, 0.3) is 5.69 Å². The van der Waals surface area contributed by atoms with Crippen LogP contribution in [0.2, 0.25) is 0 Å². The first kappa shape index (κ1) is 12.2. The molecule has 19 heavy (non-hydrogen) atoms. The summed E-state index contributed by atoms with van der Waals surface area (Å²) in [5.41, 5.74) is 8.25. The lowest BCUT2D eigenvalue weighted by atomic mass is 9.91. The number of hydrogen-bond donors (Lipinski definition) is 2. The Balaban J connectivity index is 1.70. The highest BCUT2D eigenvalue weighted by molar-refractivity contribution is 5.51. The molecule has 3 rings (SSSR count). The summed E-state index contributed by atoms with van der Waals surface area (Å²) in [5, 5.41) is 3.61. The Hall–Kier alpha value is -1.81. The second kappa shape index (κ2) is 5.45. The van der Waals surface area contributed by atoms with Crippen LogP contribution in [0.5, 0.6) is 0 Å². The molecule has 0 amide bonds. The highest BCUT2D eigenvalue weighted by Crippen LogP contribution is 2.22. The predicted octanol–water partition coefficient (Wildman–Crippen LogP) is 2.55. The monoisotopic (exact) mass is 256 g/mol. The second-order valence-electron chi connectivity index (χ2n) is 5.28. The molecule has 1 aliphatic rings. The maximum Gasteiger partial charge on any atom is 0.0991 e. The van der Waals surface area contributed by atoms with Gasteiger partial charge in [-0.3, -0.25) is 0 Å². The van der Waals surface area contributed by atoms with Gasteiger partial charge in [0.05, 0.1) is 6.33 Å². The minimum absolute atomic E-state index is 0.398. The Bertz CT molecular complexity index is 513. The zero-order chi connectivity index (χ0) is 13.1. The van der Waals surface area contributed by atoms with Crippen molar-refractivity contribution in [2.75, 3.05) is 5.32 Å². The van der Waals surface area contributed by atoms with Crippen LogP contribution in [0.15, 0.2) is 43.0 Å². The molecule has 0 radical (unpaired) electrons. The van der Waals surface area contributed by atoms with Crippen molar-refractivity contribution in [1.29, 1.82) is 0 Å². The number of nitrogens with zero attached hydrogens (tertiary/aromatic N) is 2. The number of anilines is 1. The molecule has 2 aromatic rings. The van der Waals surface area contributed by atoms with Gasteiger partial charge in [-0.2, -0.15) is 0 Å². The van der Waals surface area contributed by atoms with Crippen molar-refractivity contribution in [1.82, 2.24) is 9.55 Å². The standard InChI is InChI=1S/C15H20N4/c16-12-4-6-13(7-5-12)18-14-2-1-3-15(10-14)19-9-8-17-11-19/h1-3,8-13,18H,4-7,16H2. The van der Waals surface area contributed by atoms with Crippen LogP contribution in [0.1, 0.15) is 25.7 Å². The zero-order valence-corrected chi connectivity index (χ0v) is 11.0. The summed E-state index contributed by atoms with van der Waals surface area (Å²) < 4.78 is 2.02. The predicted molar refractivity (Wildman–Crippen MR) is 77.4 cm³/mol. The molecule has 0 saturated heterocycles. The molecule has 1 fully saturated rings. The molecule has 4 nitrogen and oxygen atoms in total. The van der Waals surface area contributed by atoms with Crippen LogP contribution in [-0.2, 0) is 0 Å². The molecule has 1 saturated carbocycles. The summed E-state index contributed by atoms with van der Waals surface area (Å²) >= 11 is 0. The van der Waals surface area contributed by atoms with E-state index in [0.717, 1.165) is 31.4 Å². The highest BCUT2D eigenvalue weighted by Gasteiger charge is 2.18. The second-order valence-corrected chi connectivity index (χ2v) is 5.28. The average molecular weight is 256 g/mol. The Morgan fingerprint density at radius 3 is 2.79 bits per heavy atom. The number of nitrogens with one attached hydrogen (secondary N) is 1. The number of benzene rings is 1. The number of imidazole rings is 1. The van der Waals surface area contributed by atoms with Gasteiger partial charge in [0, 0.05) is 35.9 Å². The van der Waals surface area contributed by atoms with Gasteiger partial charge in [0.2, 0.25) is 0 Å². The van der Waals surface area contributed by atoms with Crippen LogP contribution >= 0.6 is 0 Å². The SMILES string of the molecule is NC1CCC(Nc2cccc(-n3ccnc3)c2)CC1. The van der Waals surface area contributed by atoms with Gasteiger partial charge in [0.15, 0.2) is 0 Å². The first-order valence-electron chi connectivity index (χ1n) is 6.92. The first-order chi connectivity index (χ1) is 9.31. The Kier molecular flexibility index (Phi) is 3.51. The lowest BCUT2D eigenvalue weighted by molar-refractivity contribution is 0.411. The lowest BCUT2D eigenvalue weighted by Gasteiger charge is -2.27. The average Bonchev–Trinajstić information content (AvgIpc) is 2.96. The lowest BCUT2D eigenvalue weighted by Crippen LogP contribution is -2.32. The third-order valence-corrected chi connectivity index (χ3v) is 3.79. The molecule has 0 spiro atoms. The molecular weight excluding hydrogens is 236 g/mol. The van der Waals surface area contributed by atoms with E-state index in [4.69, 9.17) is 5.73 Å². The van der Waals surface area contributed by atoms with Crippen LogP contribution in [-0.4, -0.2) is 21.6 Å². The number of aromatic nitrogens is 2. The van der Waals surface area contributed by atoms with Crippen molar-refractivity contribution in [2.45, 2.75) is 37.8 Å². The Labute approximate surface area is 113 Å². The largest absolute Gasteiger partial charge is 0.382 e. The molecule has 1 aromatic carbocycles. The summed E-state index contributed by atoms with van der Waals surface area (Å²) in [6.07, 6.45) is 10.1. The summed E-state index contributed by atoms with van der Waals surface area (Å²) in [5.74, 6) is 0. The van der Waals surface area contributed by atoms with Gasteiger partial charge in [-0.15, -0.1) is 0 Å². The number of hydrogen-bond acceptors (Lipinski definition) is 3. The van der Waals surface area contributed by atoms with E-state index in [1.165, 1.54) is 5.69 Å². The maximum atomic E-state index is 5.94. The molecule has 0 bridgehead atoms. The quantitative estimate of drug-likeness (QED) is 0.887. The molecule has 100 valence electrons. The summed E-state index contributed by atoms with van der Waals surface area (Å²) in [4.78, 5) is 4.08. The Morgan fingerprint density at radius 2 is 2.05 bits per heavy atom. The van der Waals surface area contributed by atoms with Gasteiger partial charge >= 0.3 is 0 Å². The van der Waals surface area contributed by atoms with Gasteiger partial charge < -0.3 is 15.6 Å². The highest BCUT2D eigenvalue weighted by atomic mass is 15.0. The van der Waals surface area contributed by atoms with Gasteiger partial charge in [0.1, 0.15) is 0 Å². The minimum Gasteiger partial charge on any atom is -0.382 e. The zero-order valence-electron chi connectivity index (χ0n) is 11.0. The van der Waals surface area contributed by atoms with Crippen LogP contribution in [0, 0.1) is 0 Å². The van der Waals surface area contributed by atoms with Crippen molar-refractivity contribution in [2.24, 2.45) is 5.73 Å². The molecule has 1 aromatic heterocycles. The summed E-state index contributed by atoms with van der Waals surface area (Å²) in [6, 6.07) is 9.40. The minimum atomic E-state index is 0.398. The Morgan fingerprint density at radius 1 is 1.21 bits per heavy atom. The molecule has 0 atom stereocenters. The third kappa shape index (κ3) is 2.96. The molecule has 1 heterocycles. The van der Waals surface area contributed by atoms with Crippen molar-refractivity contribution in [3.05, 3.63) is 43.0 Å². The molecule has 0 unspecified atom stereocenters. The normalized spacial score (nSPS) is 23.2. The molecule has 1 aliphatic carbocycles. The topological polar surface area (TPSA) is 55.9 Å². The van der Waals surface area contributed by atoms with Crippen molar-refractivity contribution in [3.63, 3.8) is 0 Å². The third-order valence-electron chi connectivity index (χ3n) is 3.79. The van der Waals surface area contributed by atoms with E-state index in [-0.39, 0.29) is 0 Å². The maximum absolute atomic E-state index is 5.94. The van der Waals surface area contributed by atoms with Crippen molar-refractivity contribution in [3.8, 4) is 5.69 Å². The van der Waals surface area contributed by atoms with Gasteiger partial charge in [-0.25, -0.2) is 4.98 Å². The van der Waals surface area contributed by atoms with Gasteiger partial charge in [-0.1, -0.05) is 6.07 Å². The van der Waals surface area contributed by atoms with Crippen LogP contribution in [0.3, 0.4) is 0 Å². The van der Waals surface area contributed by atoms with E-state index in [0.29, 0.717) is 12.1 Å². The fourth-order valence-corrected chi connectivity index (χ4v) is 2.67. The summed E-state index contributed by atoms with van der Waals surface area (Å²) in [6.45, 7) is 0. The molecule has 0 aliphatic heterocycles. The van der Waals surface area contributed by atoms with Crippen LogP contribution < -0.4 is 11.1 Å². The van der Waals surface area contributed by atoms with E-state index < -0.39 is 0 Å². The van der Waals surface area contributed by atoms with E-state index in [2.05, 4.69) is 34.6 Å². The fraction of sp³-hybridized carbons (Fsp3) is 0.400. The molecular formula is C15H20N4. The number of rotatable bonds is 3. The molecule has 4 heteroatoms. The van der Waals surface area contributed by atoms with Crippen molar-refractivity contribution >= 4 is 5.69 Å². The van der Waals surface area contributed by atoms with E-state index in [9.17, 15) is 0 Å². The van der Waals surface area contributed by atoms with Gasteiger partial charge in [-0.05, 0) is 43.9 Å². The fourth-order valence-electron chi connectivity index (χ4n) is 2.67. The van der Waals surface area contributed by atoms with Gasteiger partial charge in [0.25, 0.3) is 0 Å². The molecule has 3 N–H and O–H groups in total. The number of nitrogens with two attached hydrogens (primary N) is 1. The van der Waals surface area contributed by atoms with E-state index in [1.54, 1.807) is 6.20 Å². The summed E-state index contributed by atoms with van der Waals surface area (Å²) in [7, 11) is 0. The van der Waals surface area contributed by atoms with Crippen molar-refractivity contribution < 1.29 is 0 Å². The van der Waals surface area contributed by atoms with Crippen LogP contribution in [0.4, 0.5) is 5.69 Å². The first-order valence-corrected chi connectivity index (χ1v) is 6.92. The van der Waals surface area contributed by atoms with E-state index in [1.807, 2.05) is 17.1 Å².